The van der Waals surface area contributed by atoms with Gasteiger partial charge in [-0.3, -0.25) is 0 Å². The summed E-state index contributed by atoms with van der Waals surface area (Å²) in [7, 11) is 0. The van der Waals surface area contributed by atoms with Gasteiger partial charge in [-0.15, -0.1) is 0 Å². The van der Waals surface area contributed by atoms with Crippen molar-refractivity contribution in [2.24, 2.45) is 0 Å². The van der Waals surface area contributed by atoms with Crippen molar-refractivity contribution in [2.45, 2.75) is 44.8 Å². The number of aliphatic hydroxyl groups excluding tert-OH is 1. The third kappa shape index (κ3) is 2.19. The van der Waals surface area contributed by atoms with Crippen LogP contribution in [-0.4, -0.2) is 30.4 Å². The smallest absolute Gasteiger partial charge is 0.142 e. The summed E-state index contributed by atoms with van der Waals surface area (Å²) in [6, 6.07) is 7.02. The second-order valence-corrected chi connectivity index (χ2v) is 5.48. The van der Waals surface area contributed by atoms with Crippen LogP contribution < -0.4 is 9.64 Å². The van der Waals surface area contributed by atoms with Gasteiger partial charge in [-0.2, -0.15) is 0 Å². The second-order valence-electron chi connectivity index (χ2n) is 5.48. The van der Waals surface area contributed by atoms with Gasteiger partial charge in [0.15, 0.2) is 0 Å². The Balaban J connectivity index is 1.82. The molecule has 3 nitrogen and oxygen atoms in total. The highest BCUT2D eigenvalue weighted by molar-refractivity contribution is 5.61. The highest BCUT2D eigenvalue weighted by Crippen LogP contribution is 2.36. The zero-order valence-electron chi connectivity index (χ0n) is 10.9. The lowest BCUT2D eigenvalue weighted by Gasteiger charge is -2.40. The van der Waals surface area contributed by atoms with E-state index in [9.17, 15) is 5.11 Å². The van der Waals surface area contributed by atoms with Gasteiger partial charge in [0.2, 0.25) is 0 Å². The molecule has 0 saturated heterocycles. The molecule has 0 amide bonds. The van der Waals surface area contributed by atoms with Gasteiger partial charge in [0.1, 0.15) is 12.4 Å². The molecular formula is C15H21NO2. The van der Waals surface area contributed by atoms with Crippen LogP contribution in [0.25, 0.3) is 0 Å². The fourth-order valence-corrected chi connectivity index (χ4v) is 3.10. The summed E-state index contributed by atoms with van der Waals surface area (Å²) in [5.74, 6) is 1.02. The van der Waals surface area contributed by atoms with Gasteiger partial charge in [-0.05, 0) is 50.3 Å². The van der Waals surface area contributed by atoms with Gasteiger partial charge in [-0.25, -0.2) is 0 Å². The lowest BCUT2D eigenvalue weighted by atomic mass is 9.91. The average molecular weight is 247 g/mol. The van der Waals surface area contributed by atoms with Crippen molar-refractivity contribution in [1.82, 2.24) is 0 Å². The normalized spacial score (nSPS) is 27.6. The minimum Gasteiger partial charge on any atom is -0.490 e. The molecule has 0 unspecified atom stereocenters. The summed E-state index contributed by atoms with van der Waals surface area (Å²) in [5.41, 5.74) is 2.47. The molecule has 1 heterocycles. The van der Waals surface area contributed by atoms with Crippen LogP contribution in [-0.2, 0) is 0 Å². The van der Waals surface area contributed by atoms with Crippen LogP contribution in [0.2, 0.25) is 0 Å². The molecule has 2 aliphatic rings. The fraction of sp³-hybridized carbons (Fsp3) is 0.600. The molecule has 1 aromatic carbocycles. The number of hydrogen-bond acceptors (Lipinski definition) is 3. The molecular weight excluding hydrogens is 226 g/mol. The molecule has 0 radical (unpaired) electrons. The van der Waals surface area contributed by atoms with E-state index in [-0.39, 0.29) is 6.10 Å². The van der Waals surface area contributed by atoms with Gasteiger partial charge >= 0.3 is 0 Å². The summed E-state index contributed by atoms with van der Waals surface area (Å²) in [6.07, 6.45) is 3.97. The van der Waals surface area contributed by atoms with Crippen LogP contribution >= 0.6 is 0 Å². The van der Waals surface area contributed by atoms with E-state index < -0.39 is 0 Å². The SMILES string of the molecule is Cc1ccc2c(c1)OCCN2C1CCC(O)CC1. The number of hydrogen-bond donors (Lipinski definition) is 1. The maximum absolute atomic E-state index is 9.61. The monoisotopic (exact) mass is 247 g/mol. The standard InChI is InChI=1S/C15H21NO2/c1-11-2-7-14-15(10-11)18-9-8-16(14)12-3-5-13(17)6-4-12/h2,7,10,12-13,17H,3-6,8-9H2,1H3. The van der Waals surface area contributed by atoms with Crippen LogP contribution in [0.5, 0.6) is 5.75 Å². The summed E-state index contributed by atoms with van der Waals surface area (Å²) < 4.78 is 5.76. The minimum absolute atomic E-state index is 0.0835. The first-order chi connectivity index (χ1) is 8.74. The zero-order chi connectivity index (χ0) is 12.5. The van der Waals surface area contributed by atoms with Crippen molar-refractivity contribution >= 4 is 5.69 Å². The number of aliphatic hydroxyl groups is 1. The first kappa shape index (κ1) is 11.8. The lowest BCUT2D eigenvalue weighted by Crippen LogP contribution is -2.43. The predicted octanol–water partition coefficient (Wildman–Crippen LogP) is 2.50. The number of rotatable bonds is 1. The number of ether oxygens (including phenoxy) is 1. The Hall–Kier alpha value is -1.22. The predicted molar refractivity (Wildman–Crippen MR) is 72.3 cm³/mol. The van der Waals surface area contributed by atoms with E-state index in [1.807, 2.05) is 0 Å². The Bertz CT molecular complexity index is 425. The third-order valence-corrected chi connectivity index (χ3v) is 4.12. The summed E-state index contributed by atoms with van der Waals surface area (Å²) in [6.45, 7) is 3.84. The van der Waals surface area contributed by atoms with Crippen molar-refractivity contribution in [2.75, 3.05) is 18.1 Å². The van der Waals surface area contributed by atoms with Gasteiger partial charge < -0.3 is 14.7 Å². The van der Waals surface area contributed by atoms with E-state index >= 15 is 0 Å². The number of aryl methyl sites for hydroxylation is 1. The number of benzene rings is 1. The molecule has 1 aromatic rings. The average Bonchev–Trinajstić information content (AvgIpc) is 2.38. The number of nitrogens with zero attached hydrogens (tertiary/aromatic N) is 1. The van der Waals surface area contributed by atoms with Crippen LogP contribution in [0.15, 0.2) is 18.2 Å². The minimum atomic E-state index is -0.0835. The van der Waals surface area contributed by atoms with Crippen LogP contribution in [0.4, 0.5) is 5.69 Å². The molecule has 3 heteroatoms. The summed E-state index contributed by atoms with van der Waals surface area (Å²) in [5, 5.41) is 9.61. The molecule has 1 aliphatic heterocycles. The topological polar surface area (TPSA) is 32.7 Å². The Labute approximate surface area is 108 Å². The molecule has 1 N–H and O–H groups in total. The van der Waals surface area contributed by atoms with E-state index in [4.69, 9.17) is 4.74 Å². The van der Waals surface area contributed by atoms with Crippen LogP contribution in [0, 0.1) is 6.92 Å². The molecule has 18 heavy (non-hydrogen) atoms. The van der Waals surface area contributed by atoms with Crippen LogP contribution in [0.1, 0.15) is 31.2 Å². The number of anilines is 1. The first-order valence-corrected chi connectivity index (χ1v) is 6.92. The van der Waals surface area contributed by atoms with E-state index in [1.54, 1.807) is 0 Å². The highest BCUT2D eigenvalue weighted by Gasteiger charge is 2.28. The van der Waals surface area contributed by atoms with E-state index in [0.29, 0.717) is 6.04 Å². The van der Waals surface area contributed by atoms with E-state index in [0.717, 1.165) is 44.6 Å². The highest BCUT2D eigenvalue weighted by atomic mass is 16.5. The maximum Gasteiger partial charge on any atom is 0.142 e. The van der Waals surface area contributed by atoms with Crippen LogP contribution in [0.3, 0.4) is 0 Å². The largest absolute Gasteiger partial charge is 0.490 e. The molecule has 0 aromatic heterocycles. The lowest BCUT2D eigenvalue weighted by molar-refractivity contribution is 0.120. The molecule has 3 rings (SSSR count). The van der Waals surface area contributed by atoms with E-state index in [1.165, 1.54) is 11.3 Å². The Morgan fingerprint density at radius 1 is 1.22 bits per heavy atom. The van der Waals surface area contributed by atoms with Crippen molar-refractivity contribution < 1.29 is 9.84 Å². The van der Waals surface area contributed by atoms with Gasteiger partial charge in [0, 0.05) is 6.04 Å². The first-order valence-electron chi connectivity index (χ1n) is 6.92. The second kappa shape index (κ2) is 4.81. The van der Waals surface area contributed by atoms with E-state index in [2.05, 4.69) is 30.0 Å². The van der Waals surface area contributed by atoms with Crippen molar-refractivity contribution in [3.05, 3.63) is 23.8 Å². The third-order valence-electron chi connectivity index (χ3n) is 4.12. The number of fused-ring (bicyclic) bond motifs is 1. The van der Waals surface area contributed by atoms with Gasteiger partial charge in [0.05, 0.1) is 18.3 Å². The van der Waals surface area contributed by atoms with Gasteiger partial charge in [0.25, 0.3) is 0 Å². The molecule has 98 valence electrons. The molecule has 1 fully saturated rings. The molecule has 0 atom stereocenters. The Kier molecular flexibility index (Phi) is 3.16. The Morgan fingerprint density at radius 2 is 2.00 bits per heavy atom. The maximum atomic E-state index is 9.61. The molecule has 0 bridgehead atoms. The summed E-state index contributed by atoms with van der Waals surface area (Å²) in [4.78, 5) is 2.48. The van der Waals surface area contributed by atoms with Crippen molar-refractivity contribution in [3.63, 3.8) is 0 Å². The Morgan fingerprint density at radius 3 is 2.78 bits per heavy atom. The summed E-state index contributed by atoms with van der Waals surface area (Å²) >= 11 is 0. The fourth-order valence-electron chi connectivity index (χ4n) is 3.10. The van der Waals surface area contributed by atoms with Crippen molar-refractivity contribution in [1.29, 1.82) is 0 Å². The molecule has 1 saturated carbocycles. The molecule has 0 spiro atoms. The molecule has 1 aliphatic carbocycles. The van der Waals surface area contributed by atoms with Crippen molar-refractivity contribution in [3.8, 4) is 5.75 Å². The van der Waals surface area contributed by atoms with Gasteiger partial charge in [-0.1, -0.05) is 6.07 Å². The zero-order valence-corrected chi connectivity index (χ0v) is 10.9. The quantitative estimate of drug-likeness (QED) is 0.827.